The van der Waals surface area contributed by atoms with Gasteiger partial charge < -0.3 is 4.90 Å². The van der Waals surface area contributed by atoms with Gasteiger partial charge in [-0.05, 0) is 43.7 Å². The minimum absolute atomic E-state index is 0.205. The second kappa shape index (κ2) is 5.53. The molecular weight excluding hydrogens is 293 g/mol. The highest BCUT2D eigenvalue weighted by atomic mass is 79.9. The first kappa shape index (κ1) is 13.1. The molecule has 2 aromatic carbocycles. The average Bonchev–Trinajstić information content (AvgIpc) is 2.36. The Labute approximate surface area is 115 Å². The molecule has 0 fully saturated rings. The average molecular weight is 308 g/mol. The van der Waals surface area contributed by atoms with E-state index in [1.165, 1.54) is 6.07 Å². The standard InChI is InChI=1S/C15H15BrFN/c1-3-18(14-7-5-4-6-11(14)2)15-10-12(16)8-9-13(15)17/h4-10H,3H2,1-2H3. The third-order valence-electron chi connectivity index (χ3n) is 2.92. The SMILES string of the molecule is CCN(c1ccccc1C)c1cc(Br)ccc1F. The number of rotatable bonds is 3. The van der Waals surface area contributed by atoms with Crippen molar-refractivity contribution in [2.45, 2.75) is 13.8 Å². The Morgan fingerprint density at radius 2 is 1.83 bits per heavy atom. The van der Waals surface area contributed by atoms with Crippen LogP contribution in [0.25, 0.3) is 0 Å². The minimum atomic E-state index is -0.205. The predicted octanol–water partition coefficient (Wildman–Crippen LogP) is 5.05. The Kier molecular flexibility index (Phi) is 4.02. The quantitative estimate of drug-likeness (QED) is 0.766. The maximum Gasteiger partial charge on any atom is 0.146 e. The Balaban J connectivity index is 2.52. The third kappa shape index (κ3) is 2.56. The van der Waals surface area contributed by atoms with Gasteiger partial charge >= 0.3 is 0 Å². The van der Waals surface area contributed by atoms with Gasteiger partial charge in [0.25, 0.3) is 0 Å². The summed E-state index contributed by atoms with van der Waals surface area (Å²) in [7, 11) is 0. The molecule has 2 rings (SSSR count). The Hall–Kier alpha value is -1.35. The molecule has 1 nitrogen and oxygen atoms in total. The van der Waals surface area contributed by atoms with E-state index in [1.54, 1.807) is 6.07 Å². The summed E-state index contributed by atoms with van der Waals surface area (Å²) < 4.78 is 14.8. The van der Waals surface area contributed by atoms with Gasteiger partial charge in [-0.3, -0.25) is 0 Å². The third-order valence-corrected chi connectivity index (χ3v) is 3.41. The molecule has 0 unspecified atom stereocenters. The molecule has 0 saturated heterocycles. The number of hydrogen-bond donors (Lipinski definition) is 0. The summed E-state index contributed by atoms with van der Waals surface area (Å²) in [6, 6.07) is 13.0. The van der Waals surface area contributed by atoms with Crippen LogP contribution < -0.4 is 4.90 Å². The van der Waals surface area contributed by atoms with Crippen molar-refractivity contribution >= 4 is 27.3 Å². The van der Waals surface area contributed by atoms with Crippen molar-refractivity contribution in [3.05, 3.63) is 58.3 Å². The van der Waals surface area contributed by atoms with Crippen LogP contribution >= 0.6 is 15.9 Å². The molecule has 94 valence electrons. The number of halogens is 2. The van der Waals surface area contributed by atoms with Crippen molar-refractivity contribution in [3.63, 3.8) is 0 Å². The summed E-state index contributed by atoms with van der Waals surface area (Å²) in [5.74, 6) is -0.205. The van der Waals surface area contributed by atoms with Crippen molar-refractivity contribution in [1.29, 1.82) is 0 Å². The zero-order valence-corrected chi connectivity index (χ0v) is 12.0. The molecule has 0 saturated carbocycles. The number of anilines is 2. The summed E-state index contributed by atoms with van der Waals surface area (Å²) in [5.41, 5.74) is 2.77. The molecule has 0 aliphatic rings. The van der Waals surface area contributed by atoms with E-state index in [1.807, 2.05) is 49.1 Å². The number of hydrogen-bond acceptors (Lipinski definition) is 1. The van der Waals surface area contributed by atoms with Crippen molar-refractivity contribution < 1.29 is 4.39 Å². The molecule has 2 aromatic rings. The molecule has 0 aliphatic heterocycles. The Bertz CT molecular complexity index is 554. The number of benzene rings is 2. The first-order chi connectivity index (χ1) is 8.63. The molecule has 0 heterocycles. The molecule has 0 amide bonds. The second-order valence-electron chi connectivity index (χ2n) is 4.13. The summed E-state index contributed by atoms with van der Waals surface area (Å²) in [5, 5.41) is 0. The summed E-state index contributed by atoms with van der Waals surface area (Å²) in [4.78, 5) is 1.98. The van der Waals surface area contributed by atoms with Crippen molar-refractivity contribution in [2.24, 2.45) is 0 Å². The van der Waals surface area contributed by atoms with Crippen LogP contribution in [0.1, 0.15) is 12.5 Å². The van der Waals surface area contributed by atoms with Gasteiger partial charge in [0.15, 0.2) is 0 Å². The zero-order chi connectivity index (χ0) is 13.1. The van der Waals surface area contributed by atoms with Gasteiger partial charge in [0.05, 0.1) is 5.69 Å². The lowest BCUT2D eigenvalue weighted by Gasteiger charge is -2.25. The molecule has 0 aromatic heterocycles. The monoisotopic (exact) mass is 307 g/mol. The van der Waals surface area contributed by atoms with E-state index in [2.05, 4.69) is 15.9 Å². The predicted molar refractivity (Wildman–Crippen MR) is 78.0 cm³/mol. The summed E-state index contributed by atoms with van der Waals surface area (Å²) in [6.07, 6.45) is 0. The highest BCUT2D eigenvalue weighted by Gasteiger charge is 2.13. The van der Waals surface area contributed by atoms with Gasteiger partial charge in [0.2, 0.25) is 0 Å². The number of nitrogens with zero attached hydrogens (tertiary/aromatic N) is 1. The van der Waals surface area contributed by atoms with E-state index < -0.39 is 0 Å². The van der Waals surface area contributed by atoms with E-state index >= 15 is 0 Å². The lowest BCUT2D eigenvalue weighted by molar-refractivity contribution is 0.625. The fourth-order valence-electron chi connectivity index (χ4n) is 2.03. The van der Waals surface area contributed by atoms with Gasteiger partial charge in [0, 0.05) is 16.7 Å². The van der Waals surface area contributed by atoms with Crippen LogP contribution in [0, 0.1) is 12.7 Å². The van der Waals surface area contributed by atoms with Crippen LogP contribution in [0.15, 0.2) is 46.9 Å². The largest absolute Gasteiger partial charge is 0.339 e. The van der Waals surface area contributed by atoms with Gasteiger partial charge in [-0.25, -0.2) is 4.39 Å². The Morgan fingerprint density at radius 3 is 2.50 bits per heavy atom. The zero-order valence-electron chi connectivity index (χ0n) is 10.5. The van der Waals surface area contributed by atoms with Crippen LogP contribution in [0.4, 0.5) is 15.8 Å². The van der Waals surface area contributed by atoms with E-state index in [9.17, 15) is 4.39 Å². The lowest BCUT2D eigenvalue weighted by atomic mass is 10.1. The van der Waals surface area contributed by atoms with Crippen LogP contribution in [-0.2, 0) is 0 Å². The first-order valence-electron chi connectivity index (χ1n) is 5.91. The fourth-order valence-corrected chi connectivity index (χ4v) is 2.38. The van der Waals surface area contributed by atoms with Crippen molar-refractivity contribution in [3.8, 4) is 0 Å². The van der Waals surface area contributed by atoms with E-state index in [-0.39, 0.29) is 5.82 Å². The molecule has 18 heavy (non-hydrogen) atoms. The molecular formula is C15H15BrFN. The molecule has 0 spiro atoms. The van der Waals surface area contributed by atoms with Gasteiger partial charge in [-0.2, -0.15) is 0 Å². The Morgan fingerprint density at radius 1 is 1.11 bits per heavy atom. The molecule has 3 heteroatoms. The number of aryl methyl sites for hydroxylation is 1. The molecule has 0 N–H and O–H groups in total. The number of para-hydroxylation sites is 1. The van der Waals surface area contributed by atoms with Crippen LogP contribution in [0.2, 0.25) is 0 Å². The smallest absolute Gasteiger partial charge is 0.146 e. The second-order valence-corrected chi connectivity index (χ2v) is 5.04. The highest BCUT2D eigenvalue weighted by Crippen LogP contribution is 2.31. The maximum atomic E-state index is 14.0. The van der Waals surface area contributed by atoms with Crippen molar-refractivity contribution in [2.75, 3.05) is 11.4 Å². The summed E-state index contributed by atoms with van der Waals surface area (Å²) >= 11 is 3.39. The molecule has 0 radical (unpaired) electrons. The lowest BCUT2D eigenvalue weighted by Crippen LogP contribution is -2.18. The van der Waals surface area contributed by atoms with Crippen LogP contribution in [-0.4, -0.2) is 6.54 Å². The topological polar surface area (TPSA) is 3.24 Å². The maximum absolute atomic E-state index is 14.0. The van der Waals surface area contributed by atoms with E-state index in [0.29, 0.717) is 5.69 Å². The molecule has 0 aliphatic carbocycles. The normalized spacial score (nSPS) is 10.4. The minimum Gasteiger partial charge on any atom is -0.339 e. The first-order valence-corrected chi connectivity index (χ1v) is 6.71. The van der Waals surface area contributed by atoms with E-state index in [4.69, 9.17) is 0 Å². The van der Waals surface area contributed by atoms with Gasteiger partial charge in [0.1, 0.15) is 5.82 Å². The van der Waals surface area contributed by atoms with Crippen molar-refractivity contribution in [1.82, 2.24) is 0 Å². The van der Waals surface area contributed by atoms with Gasteiger partial charge in [-0.15, -0.1) is 0 Å². The molecule has 0 bridgehead atoms. The summed E-state index contributed by atoms with van der Waals surface area (Å²) in [6.45, 7) is 4.78. The van der Waals surface area contributed by atoms with E-state index in [0.717, 1.165) is 22.3 Å². The molecule has 0 atom stereocenters. The fraction of sp³-hybridized carbons (Fsp3) is 0.200. The highest BCUT2D eigenvalue weighted by molar-refractivity contribution is 9.10. The van der Waals surface area contributed by atoms with Gasteiger partial charge in [-0.1, -0.05) is 34.1 Å². The van der Waals surface area contributed by atoms with Crippen LogP contribution in [0.3, 0.4) is 0 Å². The van der Waals surface area contributed by atoms with Crippen LogP contribution in [0.5, 0.6) is 0 Å².